The molecule has 2 amide bonds. The molecule has 18 nitrogen and oxygen atoms in total. The van der Waals surface area contributed by atoms with Crippen LogP contribution < -0.4 is 15.4 Å². The van der Waals surface area contributed by atoms with Crippen LogP contribution in [0.4, 0.5) is 0 Å². The van der Waals surface area contributed by atoms with Crippen LogP contribution in [0, 0.1) is 11.8 Å². The average Bonchev–Trinajstić information content (AvgIpc) is 4.21. The summed E-state index contributed by atoms with van der Waals surface area (Å²) in [5.74, 6) is 3.00. The number of carboxylic acid groups (broad SMARTS) is 1. The molecule has 0 spiro atoms. The zero-order valence-corrected chi connectivity index (χ0v) is 40.1. The minimum absolute atomic E-state index is 0.0476. The van der Waals surface area contributed by atoms with E-state index in [1.54, 1.807) is 14.2 Å². The van der Waals surface area contributed by atoms with Crippen LogP contribution in [0.5, 0.6) is 5.75 Å². The molecular formula is C50H69N9O9. The summed E-state index contributed by atoms with van der Waals surface area (Å²) < 4.78 is 24.4. The molecule has 0 bridgehead atoms. The van der Waals surface area contributed by atoms with E-state index in [4.69, 9.17) is 38.9 Å². The van der Waals surface area contributed by atoms with Gasteiger partial charge >= 0.3 is 0 Å². The topological polar surface area (TPSA) is 210 Å². The molecule has 7 heterocycles. The Morgan fingerprint density at radius 3 is 2.31 bits per heavy atom. The van der Waals surface area contributed by atoms with Crippen molar-refractivity contribution in [3.05, 3.63) is 66.5 Å². The number of H-pyrrole nitrogens is 2. The van der Waals surface area contributed by atoms with E-state index in [1.807, 2.05) is 29.4 Å². The lowest BCUT2D eigenvalue weighted by atomic mass is 9.90. The summed E-state index contributed by atoms with van der Waals surface area (Å²) in [5.41, 5.74) is 7.12. The Kier molecular flexibility index (Phi) is 18.2. The molecule has 9 rings (SSSR count). The summed E-state index contributed by atoms with van der Waals surface area (Å²) in [6.07, 6.45) is 11.3. The third-order valence-electron chi connectivity index (χ3n) is 13.4. The van der Waals surface area contributed by atoms with Gasteiger partial charge < -0.3 is 54.1 Å². The number of hydrogen-bond acceptors (Lipinski definition) is 12. The Labute approximate surface area is 398 Å². The molecule has 5 aromatic rings. The predicted molar refractivity (Wildman–Crippen MR) is 257 cm³/mol. The molecule has 368 valence electrons. The first kappa shape index (κ1) is 50.3. The number of amides is 2. The molecule has 4 aliphatic rings. The molecule has 5 N–H and O–H groups in total. The lowest BCUT2D eigenvalue weighted by Gasteiger charge is -2.33. The number of imidazole rings is 2. The highest BCUT2D eigenvalue weighted by molar-refractivity contribution is 5.92. The smallest absolute Gasteiger partial charge is 0.290 e. The van der Waals surface area contributed by atoms with Gasteiger partial charge in [0.25, 0.3) is 6.47 Å². The number of nitrogens with zero attached hydrogens (tertiary/aromatic N) is 5. The Morgan fingerprint density at radius 2 is 1.62 bits per heavy atom. The van der Waals surface area contributed by atoms with Crippen LogP contribution >= 0.6 is 0 Å². The fraction of sp³-hybridized carbons (Fsp3) is 0.540. The standard InChI is InChI=1S/C47H61N9O6.C2H6O.CH2O2/c1-4-16-54(61-28-38(48-3)30-12-18-59-19-13-30)27-43-49-25-36(52-43)32-9-11-39-34(22-32)23-41-35-10-8-33(24-42(35)62-44(5-2)56(39)41)37-26-50-46(53-37)40-7-6-17-55(40)47(58)45(51-29-57)31-14-20-60-21-15-31;1-3-2;2-1-3/h8-11,22-26,29-31,38,40,44-45,48H,4-7,12-21,27-28H2,1-3H3,(H,49,52)(H,50,53)(H,51,57);1-2H3;1H,(H,2,3). The maximum absolute atomic E-state index is 13.9. The van der Waals surface area contributed by atoms with Gasteiger partial charge in [-0.15, -0.1) is 0 Å². The van der Waals surface area contributed by atoms with E-state index in [0.29, 0.717) is 45.2 Å². The second-order valence-electron chi connectivity index (χ2n) is 17.7. The van der Waals surface area contributed by atoms with Crippen molar-refractivity contribution in [2.75, 3.05) is 67.4 Å². The number of aromatic nitrogens is 5. The Hall–Kier alpha value is -5.63. The molecule has 0 saturated carbocycles. The number of hydrogen-bond donors (Lipinski definition) is 5. The summed E-state index contributed by atoms with van der Waals surface area (Å²) >= 11 is 0. The Bertz CT molecular complexity index is 2390. The minimum Gasteiger partial charge on any atom is -0.483 e. The minimum atomic E-state index is -0.562. The van der Waals surface area contributed by atoms with Crippen molar-refractivity contribution in [1.29, 1.82) is 0 Å². The maximum atomic E-state index is 13.9. The Morgan fingerprint density at radius 1 is 0.941 bits per heavy atom. The highest BCUT2D eigenvalue weighted by atomic mass is 16.7. The molecule has 0 aliphatic carbocycles. The summed E-state index contributed by atoms with van der Waals surface area (Å²) in [5, 5.41) is 16.4. The summed E-state index contributed by atoms with van der Waals surface area (Å²) in [7, 11) is 5.27. The van der Waals surface area contributed by atoms with Crippen LogP contribution in [-0.4, -0.2) is 138 Å². The molecule has 68 heavy (non-hydrogen) atoms. The number of likely N-dealkylation sites (tertiary alicyclic amines) is 1. The third-order valence-corrected chi connectivity index (χ3v) is 13.4. The van der Waals surface area contributed by atoms with Crippen LogP contribution in [0.15, 0.2) is 54.9 Å². The maximum Gasteiger partial charge on any atom is 0.290 e. The monoisotopic (exact) mass is 940 g/mol. The van der Waals surface area contributed by atoms with Crippen LogP contribution in [-0.2, 0) is 40.0 Å². The number of rotatable bonds is 17. The van der Waals surface area contributed by atoms with Gasteiger partial charge in [0.1, 0.15) is 23.4 Å². The number of nitrogens with one attached hydrogen (secondary N) is 4. The number of aromatic amines is 2. The van der Waals surface area contributed by atoms with Gasteiger partial charge in [0.2, 0.25) is 12.3 Å². The van der Waals surface area contributed by atoms with Gasteiger partial charge in [0.05, 0.1) is 54.2 Å². The van der Waals surface area contributed by atoms with Gasteiger partial charge in [-0.25, -0.2) is 9.97 Å². The van der Waals surface area contributed by atoms with Crippen molar-refractivity contribution in [2.24, 2.45) is 11.8 Å². The van der Waals surface area contributed by atoms with E-state index in [-0.39, 0.29) is 36.6 Å². The van der Waals surface area contributed by atoms with E-state index in [2.05, 4.69) is 86.2 Å². The first-order valence-electron chi connectivity index (χ1n) is 24.0. The fourth-order valence-corrected chi connectivity index (χ4v) is 10.0. The van der Waals surface area contributed by atoms with Crippen molar-refractivity contribution in [2.45, 2.75) is 96.1 Å². The van der Waals surface area contributed by atoms with Crippen LogP contribution in [0.25, 0.3) is 44.7 Å². The van der Waals surface area contributed by atoms with Crippen molar-refractivity contribution >= 4 is 29.7 Å². The average molecular weight is 940 g/mol. The van der Waals surface area contributed by atoms with E-state index in [9.17, 15) is 9.59 Å². The quantitative estimate of drug-likeness (QED) is 0.0485. The van der Waals surface area contributed by atoms with E-state index < -0.39 is 6.04 Å². The lowest BCUT2D eigenvalue weighted by Crippen LogP contribution is -2.51. The predicted octanol–water partition coefficient (Wildman–Crippen LogP) is 6.72. The number of benzene rings is 2. The van der Waals surface area contributed by atoms with Crippen molar-refractivity contribution < 1.29 is 43.3 Å². The highest BCUT2D eigenvalue weighted by Gasteiger charge is 2.39. The Balaban J connectivity index is 0.00000108. The zero-order valence-electron chi connectivity index (χ0n) is 40.1. The molecule has 4 atom stereocenters. The van der Waals surface area contributed by atoms with E-state index in [1.165, 1.54) is 0 Å². The second-order valence-corrected chi connectivity index (χ2v) is 17.7. The zero-order chi connectivity index (χ0) is 48.0. The molecule has 2 aromatic carbocycles. The lowest BCUT2D eigenvalue weighted by molar-refractivity contribution is -0.177. The fourth-order valence-electron chi connectivity index (χ4n) is 10.0. The SMILES string of the molecule is CCCN(Cc1ncc(-c2ccc3c(c2)cc2n3C(CC)Oc3cc(-c4cnc(C5CCCN5C(=O)C(NC=O)C5CCOCC5)[nH]4)ccc3-2)[nH]1)OCC(NC)C1CCOCC1.COC.O=CO. The van der Waals surface area contributed by atoms with Gasteiger partial charge in [0, 0.05) is 88.3 Å². The van der Waals surface area contributed by atoms with Gasteiger partial charge in [-0.05, 0) is 94.2 Å². The highest BCUT2D eigenvalue weighted by Crippen LogP contribution is 2.45. The van der Waals surface area contributed by atoms with E-state index >= 15 is 0 Å². The molecule has 3 fully saturated rings. The largest absolute Gasteiger partial charge is 0.483 e. The molecular weight excluding hydrogens is 871 g/mol. The molecule has 18 heteroatoms. The first-order valence-corrected chi connectivity index (χ1v) is 24.0. The van der Waals surface area contributed by atoms with Gasteiger partial charge in [-0.1, -0.05) is 26.0 Å². The van der Waals surface area contributed by atoms with E-state index in [0.717, 1.165) is 133 Å². The van der Waals surface area contributed by atoms with Crippen molar-refractivity contribution in [1.82, 2.24) is 45.1 Å². The van der Waals surface area contributed by atoms with Crippen molar-refractivity contribution in [3.8, 4) is 39.5 Å². The number of ether oxygens (including phenoxy) is 4. The molecule has 0 radical (unpaired) electrons. The van der Waals surface area contributed by atoms with Gasteiger partial charge in [-0.3, -0.25) is 19.2 Å². The van der Waals surface area contributed by atoms with Gasteiger partial charge in [0.15, 0.2) is 6.23 Å². The summed E-state index contributed by atoms with van der Waals surface area (Å²) in [6, 6.07) is 14.7. The molecule has 3 aromatic heterocycles. The second kappa shape index (κ2) is 24.6. The van der Waals surface area contributed by atoms with Gasteiger partial charge in [-0.2, -0.15) is 5.06 Å². The van der Waals surface area contributed by atoms with Crippen LogP contribution in [0.2, 0.25) is 0 Å². The summed E-state index contributed by atoms with van der Waals surface area (Å²) in [6.45, 7) is 9.55. The number of carbonyl (C=O) groups is 3. The number of likely N-dealkylation sites (N-methyl/N-ethyl adjacent to an activating group) is 1. The normalized spacial score (nSPS) is 19.2. The van der Waals surface area contributed by atoms with Crippen LogP contribution in [0.3, 0.4) is 0 Å². The first-order chi connectivity index (χ1) is 33.3. The molecule has 4 aliphatic heterocycles. The number of hydroxylamine groups is 2. The molecule has 3 saturated heterocycles. The van der Waals surface area contributed by atoms with Crippen molar-refractivity contribution in [3.63, 3.8) is 0 Å². The number of fused-ring (bicyclic) bond motifs is 5. The molecule has 4 unspecified atom stereocenters. The number of methoxy groups -OCH3 is 1. The summed E-state index contributed by atoms with van der Waals surface area (Å²) in [4.78, 5) is 58.8. The third kappa shape index (κ3) is 11.6. The van der Waals surface area contributed by atoms with Crippen LogP contribution in [0.1, 0.15) is 89.1 Å². The number of carbonyl (C=O) groups excluding carboxylic acids is 2.